The van der Waals surface area contributed by atoms with Crippen molar-refractivity contribution in [3.05, 3.63) is 40.0 Å². The van der Waals surface area contributed by atoms with Crippen LogP contribution in [0.4, 0.5) is 0 Å². The molecule has 0 aliphatic rings. The van der Waals surface area contributed by atoms with Crippen molar-refractivity contribution in [1.82, 2.24) is 15.1 Å². The molecule has 0 unspecified atom stereocenters. The van der Waals surface area contributed by atoms with Crippen molar-refractivity contribution < 1.29 is 0 Å². The summed E-state index contributed by atoms with van der Waals surface area (Å²) in [5.41, 5.74) is 4.81. The molecule has 2 aromatic rings. The second kappa shape index (κ2) is 5.70. The van der Waals surface area contributed by atoms with E-state index in [-0.39, 0.29) is 5.41 Å². The van der Waals surface area contributed by atoms with E-state index in [0.29, 0.717) is 0 Å². The first-order valence-corrected chi connectivity index (χ1v) is 7.60. The van der Waals surface area contributed by atoms with Gasteiger partial charge in [0, 0.05) is 19.2 Å². The predicted octanol–water partition coefficient (Wildman–Crippen LogP) is 3.87. The maximum Gasteiger partial charge on any atom is 0.107 e. The summed E-state index contributed by atoms with van der Waals surface area (Å²) in [4.78, 5) is 0. The Balaban J connectivity index is 2.40. The molecular weight excluding hydrogens is 314 g/mol. The standard InChI is InChI=1S/C16H22BrN3/c1-16(2,3)12-8-6-11(7-9-12)15-14(17)13(10-18-4)20(5)19-15/h6-9,18H,10H2,1-5H3. The van der Waals surface area contributed by atoms with Crippen LogP contribution in [0.3, 0.4) is 0 Å². The highest BCUT2D eigenvalue weighted by Gasteiger charge is 2.17. The number of hydrogen-bond acceptors (Lipinski definition) is 2. The van der Waals surface area contributed by atoms with E-state index in [1.54, 1.807) is 0 Å². The van der Waals surface area contributed by atoms with Crippen LogP contribution in [0.2, 0.25) is 0 Å². The Morgan fingerprint density at radius 3 is 2.30 bits per heavy atom. The molecule has 0 radical (unpaired) electrons. The van der Waals surface area contributed by atoms with E-state index in [9.17, 15) is 0 Å². The van der Waals surface area contributed by atoms with Crippen LogP contribution in [-0.4, -0.2) is 16.8 Å². The third kappa shape index (κ3) is 2.96. The molecule has 4 heteroatoms. The lowest BCUT2D eigenvalue weighted by Crippen LogP contribution is -2.10. The Hall–Kier alpha value is -1.13. The minimum atomic E-state index is 0.178. The molecule has 0 aliphatic carbocycles. The van der Waals surface area contributed by atoms with Gasteiger partial charge in [0.05, 0.1) is 10.2 Å². The monoisotopic (exact) mass is 335 g/mol. The van der Waals surface area contributed by atoms with Crippen molar-refractivity contribution >= 4 is 15.9 Å². The molecule has 1 aromatic carbocycles. The molecule has 1 heterocycles. The Bertz CT molecular complexity index is 591. The topological polar surface area (TPSA) is 29.9 Å². The van der Waals surface area contributed by atoms with Crippen LogP contribution in [0.25, 0.3) is 11.3 Å². The zero-order valence-corrected chi connectivity index (χ0v) is 14.4. The van der Waals surface area contributed by atoms with Gasteiger partial charge in [-0.05, 0) is 34.0 Å². The molecule has 0 saturated heterocycles. The molecule has 0 saturated carbocycles. The first kappa shape index (κ1) is 15.3. The zero-order valence-electron chi connectivity index (χ0n) is 12.8. The molecule has 0 bridgehead atoms. The van der Waals surface area contributed by atoms with Crippen LogP contribution < -0.4 is 5.32 Å². The lowest BCUT2D eigenvalue weighted by molar-refractivity contribution is 0.590. The van der Waals surface area contributed by atoms with Crippen LogP contribution >= 0.6 is 15.9 Å². The summed E-state index contributed by atoms with van der Waals surface area (Å²) in [5, 5.41) is 7.79. The van der Waals surface area contributed by atoms with Gasteiger partial charge in [-0.2, -0.15) is 5.10 Å². The Labute approximate surface area is 129 Å². The fourth-order valence-electron chi connectivity index (χ4n) is 2.20. The lowest BCUT2D eigenvalue weighted by atomic mass is 9.86. The molecule has 1 N–H and O–H groups in total. The number of rotatable bonds is 3. The Morgan fingerprint density at radius 2 is 1.80 bits per heavy atom. The van der Waals surface area contributed by atoms with E-state index >= 15 is 0 Å². The van der Waals surface area contributed by atoms with Gasteiger partial charge < -0.3 is 5.32 Å². The highest BCUT2D eigenvalue weighted by molar-refractivity contribution is 9.10. The summed E-state index contributed by atoms with van der Waals surface area (Å²) in [6, 6.07) is 8.68. The number of benzene rings is 1. The van der Waals surface area contributed by atoms with E-state index in [2.05, 4.69) is 71.4 Å². The predicted molar refractivity (Wildman–Crippen MR) is 87.8 cm³/mol. The maximum atomic E-state index is 4.62. The molecule has 2 rings (SSSR count). The van der Waals surface area contributed by atoms with Crippen molar-refractivity contribution in [2.24, 2.45) is 7.05 Å². The minimum absolute atomic E-state index is 0.178. The first-order valence-electron chi connectivity index (χ1n) is 6.81. The average Bonchev–Trinajstić information content (AvgIpc) is 2.66. The van der Waals surface area contributed by atoms with Gasteiger partial charge in [0.25, 0.3) is 0 Å². The average molecular weight is 336 g/mol. The molecule has 1 aromatic heterocycles. The van der Waals surface area contributed by atoms with E-state index in [1.807, 2.05) is 18.8 Å². The van der Waals surface area contributed by atoms with Crippen molar-refractivity contribution in [2.45, 2.75) is 32.7 Å². The second-order valence-electron chi connectivity index (χ2n) is 6.09. The first-order chi connectivity index (χ1) is 9.34. The molecule has 0 amide bonds. The summed E-state index contributed by atoms with van der Waals surface area (Å²) < 4.78 is 2.99. The lowest BCUT2D eigenvalue weighted by Gasteiger charge is -2.18. The van der Waals surface area contributed by atoms with Gasteiger partial charge >= 0.3 is 0 Å². The van der Waals surface area contributed by atoms with Gasteiger partial charge in [-0.15, -0.1) is 0 Å². The maximum absolute atomic E-state index is 4.62. The van der Waals surface area contributed by atoms with Crippen molar-refractivity contribution in [3.8, 4) is 11.3 Å². The third-order valence-electron chi connectivity index (χ3n) is 3.47. The van der Waals surface area contributed by atoms with Crippen LogP contribution in [0.15, 0.2) is 28.7 Å². The summed E-state index contributed by atoms with van der Waals surface area (Å²) in [6.45, 7) is 7.47. The summed E-state index contributed by atoms with van der Waals surface area (Å²) in [5.74, 6) is 0. The van der Waals surface area contributed by atoms with Gasteiger partial charge in [-0.25, -0.2) is 0 Å². The molecule has 20 heavy (non-hydrogen) atoms. The minimum Gasteiger partial charge on any atom is -0.314 e. The highest BCUT2D eigenvalue weighted by Crippen LogP contribution is 2.31. The molecule has 108 valence electrons. The van der Waals surface area contributed by atoms with E-state index in [4.69, 9.17) is 0 Å². The smallest absolute Gasteiger partial charge is 0.107 e. The van der Waals surface area contributed by atoms with Crippen molar-refractivity contribution in [1.29, 1.82) is 0 Å². The third-order valence-corrected chi connectivity index (χ3v) is 4.30. The number of aryl methyl sites for hydroxylation is 1. The quantitative estimate of drug-likeness (QED) is 0.922. The van der Waals surface area contributed by atoms with E-state index < -0.39 is 0 Å². The molecule has 3 nitrogen and oxygen atoms in total. The summed E-state index contributed by atoms with van der Waals surface area (Å²) in [6.07, 6.45) is 0. The molecular formula is C16H22BrN3. The van der Waals surface area contributed by atoms with Gasteiger partial charge in [-0.1, -0.05) is 45.0 Å². The van der Waals surface area contributed by atoms with E-state index in [1.165, 1.54) is 5.56 Å². The normalized spacial score (nSPS) is 11.9. The number of hydrogen-bond donors (Lipinski definition) is 1. The van der Waals surface area contributed by atoms with Crippen LogP contribution in [0.5, 0.6) is 0 Å². The van der Waals surface area contributed by atoms with Gasteiger partial charge in [0.15, 0.2) is 0 Å². The van der Waals surface area contributed by atoms with Crippen molar-refractivity contribution in [2.75, 3.05) is 7.05 Å². The van der Waals surface area contributed by atoms with Gasteiger partial charge in [0.2, 0.25) is 0 Å². The number of aromatic nitrogens is 2. The van der Waals surface area contributed by atoms with Gasteiger partial charge in [-0.3, -0.25) is 4.68 Å². The Kier molecular flexibility index (Phi) is 4.35. The van der Waals surface area contributed by atoms with Crippen LogP contribution in [-0.2, 0) is 19.0 Å². The molecule has 0 atom stereocenters. The summed E-state index contributed by atoms with van der Waals surface area (Å²) >= 11 is 3.67. The Morgan fingerprint density at radius 1 is 1.20 bits per heavy atom. The number of nitrogens with one attached hydrogen (secondary N) is 1. The van der Waals surface area contributed by atoms with Crippen LogP contribution in [0.1, 0.15) is 32.0 Å². The number of nitrogens with zero attached hydrogens (tertiary/aromatic N) is 2. The highest BCUT2D eigenvalue weighted by atomic mass is 79.9. The SMILES string of the molecule is CNCc1c(Br)c(-c2ccc(C(C)(C)C)cc2)nn1C. The largest absolute Gasteiger partial charge is 0.314 e. The fraction of sp³-hybridized carbons (Fsp3) is 0.438. The van der Waals surface area contributed by atoms with E-state index in [0.717, 1.165) is 28.0 Å². The van der Waals surface area contributed by atoms with Crippen molar-refractivity contribution in [3.63, 3.8) is 0 Å². The molecule has 0 spiro atoms. The fourth-order valence-corrected chi connectivity index (χ4v) is 2.91. The van der Waals surface area contributed by atoms with Crippen LogP contribution in [0, 0.1) is 0 Å². The second-order valence-corrected chi connectivity index (χ2v) is 6.88. The van der Waals surface area contributed by atoms with Gasteiger partial charge in [0.1, 0.15) is 5.69 Å². The number of halogens is 1. The molecule has 0 fully saturated rings. The molecule has 0 aliphatic heterocycles. The zero-order chi connectivity index (χ0) is 14.9. The summed E-state index contributed by atoms with van der Waals surface area (Å²) in [7, 11) is 3.92.